The zero-order valence-electron chi connectivity index (χ0n) is 14.1. The summed E-state index contributed by atoms with van der Waals surface area (Å²) >= 11 is 12.3. The summed E-state index contributed by atoms with van der Waals surface area (Å²) in [6.07, 6.45) is 4.30. The van der Waals surface area contributed by atoms with Gasteiger partial charge in [0.2, 0.25) is 0 Å². The lowest BCUT2D eigenvalue weighted by atomic mass is 10.0. The lowest BCUT2D eigenvalue weighted by Gasteiger charge is -2.22. The molecule has 0 aliphatic rings. The van der Waals surface area contributed by atoms with Gasteiger partial charge in [0.25, 0.3) is 0 Å². The highest BCUT2D eigenvalue weighted by molar-refractivity contribution is 6.35. The fraction of sp³-hybridized carbons (Fsp3) is 0.158. The summed E-state index contributed by atoms with van der Waals surface area (Å²) in [5.74, 6) is 1.78. The second-order valence-corrected chi connectivity index (χ2v) is 6.20. The van der Waals surface area contributed by atoms with Gasteiger partial charge in [-0.3, -0.25) is 0 Å². The number of aromatic nitrogens is 2. The Morgan fingerprint density at radius 1 is 0.885 bits per heavy atom. The number of nitrogens with zero attached hydrogens (tertiary/aromatic N) is 2. The summed E-state index contributed by atoms with van der Waals surface area (Å²) < 4.78 is 17.0. The smallest absolute Gasteiger partial charge is 0.155 e. The van der Waals surface area contributed by atoms with Crippen molar-refractivity contribution in [1.82, 2.24) is 9.97 Å². The van der Waals surface area contributed by atoms with Crippen LogP contribution in [0.3, 0.4) is 0 Å². The lowest BCUT2D eigenvalue weighted by molar-refractivity contribution is 0.239. The molecule has 3 aromatic rings. The molecule has 1 heterocycles. The van der Waals surface area contributed by atoms with E-state index < -0.39 is 6.10 Å². The Balaban J connectivity index is 2.07. The fourth-order valence-electron chi connectivity index (χ4n) is 2.49. The van der Waals surface area contributed by atoms with Gasteiger partial charge in [-0.25, -0.2) is 9.97 Å². The molecule has 5 nitrogen and oxygen atoms in total. The maximum Gasteiger partial charge on any atom is 0.155 e. The minimum atomic E-state index is -0.532. The molecule has 0 amide bonds. The molecule has 0 saturated heterocycles. The lowest BCUT2D eigenvalue weighted by Crippen LogP contribution is -2.12. The fourth-order valence-corrected chi connectivity index (χ4v) is 2.94. The normalized spacial score (nSPS) is 11.7. The Hall–Kier alpha value is -2.50. The van der Waals surface area contributed by atoms with Crippen molar-refractivity contribution in [3.8, 4) is 17.2 Å². The van der Waals surface area contributed by atoms with E-state index in [2.05, 4.69) is 9.97 Å². The van der Waals surface area contributed by atoms with Gasteiger partial charge < -0.3 is 14.2 Å². The van der Waals surface area contributed by atoms with Gasteiger partial charge in [-0.05, 0) is 30.3 Å². The zero-order valence-corrected chi connectivity index (χ0v) is 15.7. The molecule has 1 unspecified atom stereocenters. The van der Waals surface area contributed by atoms with E-state index in [0.717, 1.165) is 11.1 Å². The van der Waals surface area contributed by atoms with Crippen LogP contribution in [0, 0.1) is 0 Å². The first kappa shape index (κ1) is 18.3. The Morgan fingerprint density at radius 2 is 1.65 bits per heavy atom. The standard InChI is InChI=1S/C19H16Cl2N2O3/c1-24-14-4-5-15(18(8-14)25-2)19(12-9-22-11-23-10-12)26-17-6-3-13(20)7-16(17)21/h3-11,19H,1-2H3. The maximum atomic E-state index is 6.28. The van der Waals surface area contributed by atoms with Gasteiger partial charge in [0.05, 0.1) is 19.2 Å². The molecule has 0 saturated carbocycles. The van der Waals surface area contributed by atoms with Crippen molar-refractivity contribution in [2.45, 2.75) is 6.10 Å². The van der Waals surface area contributed by atoms with Crippen LogP contribution in [0.5, 0.6) is 17.2 Å². The minimum absolute atomic E-state index is 0.409. The molecule has 134 valence electrons. The minimum Gasteiger partial charge on any atom is -0.497 e. The zero-order chi connectivity index (χ0) is 18.5. The molecule has 0 radical (unpaired) electrons. The monoisotopic (exact) mass is 390 g/mol. The molecule has 0 fully saturated rings. The molecule has 1 atom stereocenters. The van der Waals surface area contributed by atoms with Crippen LogP contribution in [-0.4, -0.2) is 24.2 Å². The van der Waals surface area contributed by atoms with Crippen molar-refractivity contribution in [3.63, 3.8) is 0 Å². The van der Waals surface area contributed by atoms with Gasteiger partial charge in [0, 0.05) is 34.6 Å². The number of hydrogen-bond acceptors (Lipinski definition) is 5. The van der Waals surface area contributed by atoms with Crippen LogP contribution in [0.15, 0.2) is 55.1 Å². The summed E-state index contributed by atoms with van der Waals surface area (Å²) in [7, 11) is 3.19. The van der Waals surface area contributed by atoms with Crippen molar-refractivity contribution in [1.29, 1.82) is 0 Å². The first-order valence-electron chi connectivity index (χ1n) is 7.71. The van der Waals surface area contributed by atoms with Gasteiger partial charge >= 0.3 is 0 Å². The van der Waals surface area contributed by atoms with E-state index >= 15 is 0 Å². The number of hydrogen-bond donors (Lipinski definition) is 0. The molecule has 0 aliphatic heterocycles. The SMILES string of the molecule is COc1ccc(C(Oc2ccc(Cl)cc2Cl)c2cncnc2)c(OC)c1. The molecular formula is C19H16Cl2N2O3. The summed E-state index contributed by atoms with van der Waals surface area (Å²) in [5, 5.41) is 0.941. The second kappa shape index (κ2) is 8.25. The molecular weight excluding hydrogens is 375 g/mol. The molecule has 0 aliphatic carbocycles. The van der Waals surface area contributed by atoms with E-state index in [1.165, 1.54) is 6.33 Å². The van der Waals surface area contributed by atoms with Crippen LogP contribution in [0.1, 0.15) is 17.2 Å². The largest absolute Gasteiger partial charge is 0.497 e. The van der Waals surface area contributed by atoms with E-state index in [-0.39, 0.29) is 0 Å². The van der Waals surface area contributed by atoms with Gasteiger partial charge in [-0.1, -0.05) is 23.2 Å². The second-order valence-electron chi connectivity index (χ2n) is 5.35. The van der Waals surface area contributed by atoms with Crippen LogP contribution in [0.2, 0.25) is 10.0 Å². The highest BCUT2D eigenvalue weighted by atomic mass is 35.5. The first-order chi connectivity index (χ1) is 12.6. The van der Waals surface area contributed by atoms with Gasteiger partial charge in [-0.2, -0.15) is 0 Å². The van der Waals surface area contributed by atoms with Crippen molar-refractivity contribution >= 4 is 23.2 Å². The van der Waals surface area contributed by atoms with E-state index in [4.69, 9.17) is 37.4 Å². The Labute approximate surface area is 161 Å². The van der Waals surface area contributed by atoms with Crippen LogP contribution in [-0.2, 0) is 0 Å². The van der Waals surface area contributed by atoms with Crippen molar-refractivity contribution in [3.05, 3.63) is 76.3 Å². The number of rotatable bonds is 6. The Kier molecular flexibility index (Phi) is 5.81. The topological polar surface area (TPSA) is 53.5 Å². The van der Waals surface area contributed by atoms with Crippen molar-refractivity contribution in [2.24, 2.45) is 0 Å². The third-order valence-electron chi connectivity index (χ3n) is 3.75. The quantitative estimate of drug-likeness (QED) is 0.594. The molecule has 3 rings (SSSR count). The molecule has 0 N–H and O–H groups in total. The predicted octanol–water partition coefficient (Wildman–Crippen LogP) is 4.97. The molecule has 0 bridgehead atoms. The average molecular weight is 391 g/mol. The van der Waals surface area contributed by atoms with Crippen molar-refractivity contribution < 1.29 is 14.2 Å². The van der Waals surface area contributed by atoms with Crippen molar-refractivity contribution in [2.75, 3.05) is 14.2 Å². The third-order valence-corrected chi connectivity index (χ3v) is 4.28. The summed E-state index contributed by atoms with van der Waals surface area (Å²) in [6.45, 7) is 0. The molecule has 0 spiro atoms. The Morgan fingerprint density at radius 3 is 2.31 bits per heavy atom. The third kappa shape index (κ3) is 4.00. The highest BCUT2D eigenvalue weighted by Gasteiger charge is 2.22. The van der Waals surface area contributed by atoms with E-state index in [9.17, 15) is 0 Å². The van der Waals surface area contributed by atoms with E-state index in [1.54, 1.807) is 50.9 Å². The number of methoxy groups -OCH3 is 2. The maximum absolute atomic E-state index is 6.28. The summed E-state index contributed by atoms with van der Waals surface area (Å²) in [5.41, 5.74) is 1.54. The van der Waals surface area contributed by atoms with Crippen LogP contribution in [0.25, 0.3) is 0 Å². The molecule has 2 aromatic carbocycles. The number of ether oxygens (including phenoxy) is 3. The summed E-state index contributed by atoms with van der Waals surface area (Å²) in [4.78, 5) is 8.18. The van der Waals surface area contributed by atoms with Crippen LogP contribution >= 0.6 is 23.2 Å². The van der Waals surface area contributed by atoms with Gasteiger partial charge in [0.1, 0.15) is 23.6 Å². The van der Waals surface area contributed by atoms with Gasteiger partial charge in [-0.15, -0.1) is 0 Å². The predicted molar refractivity (Wildman–Crippen MR) is 101 cm³/mol. The Bertz CT molecular complexity index is 891. The van der Waals surface area contributed by atoms with Crippen LogP contribution < -0.4 is 14.2 Å². The van der Waals surface area contributed by atoms with E-state index in [1.807, 2.05) is 12.1 Å². The van der Waals surface area contributed by atoms with Gasteiger partial charge in [0.15, 0.2) is 6.10 Å². The highest BCUT2D eigenvalue weighted by Crippen LogP contribution is 2.38. The molecule has 1 aromatic heterocycles. The molecule has 26 heavy (non-hydrogen) atoms. The summed E-state index contributed by atoms with van der Waals surface area (Å²) in [6, 6.07) is 10.6. The molecule has 7 heteroatoms. The average Bonchev–Trinajstić information content (AvgIpc) is 2.68. The number of halogens is 2. The first-order valence-corrected chi connectivity index (χ1v) is 8.46. The van der Waals surface area contributed by atoms with E-state index in [0.29, 0.717) is 27.3 Å². The number of benzene rings is 2. The van der Waals surface area contributed by atoms with Crippen LogP contribution in [0.4, 0.5) is 0 Å².